The number of amides is 1. The lowest BCUT2D eigenvalue weighted by Crippen LogP contribution is -2.45. The largest absolute Gasteiger partial charge is 0.466 e. The highest BCUT2D eigenvalue weighted by Gasteiger charge is 2.20. The fraction of sp³-hybridized carbons (Fsp3) is 0.943. The second kappa shape index (κ2) is 66.1. The quantitative estimate of drug-likeness (QED) is 0.0320. The zero-order chi connectivity index (χ0) is 55.0. The first-order chi connectivity index (χ1) is 37.5. The van der Waals surface area contributed by atoms with E-state index in [9.17, 15) is 19.8 Å². The number of aliphatic hydroxyl groups excluding tert-OH is 2. The molecule has 0 rings (SSSR count). The Balaban J connectivity index is 3.34. The SMILES string of the molecule is CCCCCCCCCCCCCCCCCC(O)C(CO)NC(=O)CCCCCCCCCCCCCCCCCCC/C=C\CCCCCCCCCCCCCCOC(=O)CCCCCCCCCCCCC. The van der Waals surface area contributed by atoms with E-state index < -0.39 is 12.1 Å². The molecule has 1 amide bonds. The molecule has 452 valence electrons. The van der Waals surface area contributed by atoms with E-state index in [1.165, 1.54) is 327 Å². The van der Waals surface area contributed by atoms with Crippen molar-refractivity contribution in [3.05, 3.63) is 12.2 Å². The van der Waals surface area contributed by atoms with E-state index in [-0.39, 0.29) is 18.5 Å². The van der Waals surface area contributed by atoms with Gasteiger partial charge in [-0.2, -0.15) is 0 Å². The smallest absolute Gasteiger partial charge is 0.305 e. The predicted octanol–water partition coefficient (Wildman–Crippen LogP) is 22.4. The van der Waals surface area contributed by atoms with Crippen LogP contribution < -0.4 is 5.32 Å². The summed E-state index contributed by atoms with van der Waals surface area (Å²) in [7, 11) is 0. The normalized spacial score (nSPS) is 12.5. The summed E-state index contributed by atoms with van der Waals surface area (Å²) < 4.78 is 5.47. The van der Waals surface area contributed by atoms with Crippen LogP contribution in [-0.2, 0) is 14.3 Å². The third-order valence-corrected chi connectivity index (χ3v) is 16.6. The van der Waals surface area contributed by atoms with E-state index in [1.807, 2.05) is 0 Å². The lowest BCUT2D eigenvalue weighted by atomic mass is 10.0. The first kappa shape index (κ1) is 74.6. The van der Waals surface area contributed by atoms with Crippen LogP contribution in [0.1, 0.15) is 399 Å². The number of allylic oxidation sites excluding steroid dienone is 2. The Bertz CT molecular complexity index is 1140. The van der Waals surface area contributed by atoms with E-state index >= 15 is 0 Å². The Morgan fingerprint density at radius 3 is 0.934 bits per heavy atom. The van der Waals surface area contributed by atoms with Gasteiger partial charge >= 0.3 is 5.97 Å². The van der Waals surface area contributed by atoms with Gasteiger partial charge in [0.15, 0.2) is 0 Å². The first-order valence-electron chi connectivity index (χ1n) is 34.9. The molecule has 0 fully saturated rings. The molecular weight excluding hydrogens is 935 g/mol. The van der Waals surface area contributed by atoms with Gasteiger partial charge in [-0.05, 0) is 51.4 Å². The number of hydrogen-bond acceptors (Lipinski definition) is 5. The second-order valence-corrected chi connectivity index (χ2v) is 24.2. The molecule has 0 aromatic heterocycles. The molecule has 2 unspecified atom stereocenters. The van der Waals surface area contributed by atoms with Gasteiger partial charge in [-0.3, -0.25) is 9.59 Å². The standard InChI is InChI=1S/C70H137NO5/c1-3-5-7-9-11-13-15-16-36-39-43-46-50-54-58-62-68(73)67(66-72)71-69(74)63-59-55-51-47-44-40-37-34-32-30-28-26-24-22-20-18-17-19-21-23-25-27-29-31-33-35-38-41-45-49-53-57-61-65-76-70(75)64-60-56-52-48-42-14-12-10-8-6-4-2/h21,23,67-68,72-73H,3-20,22,24-66H2,1-2H3,(H,71,74)/b23-21-. The summed E-state index contributed by atoms with van der Waals surface area (Å²) in [5, 5.41) is 23.3. The van der Waals surface area contributed by atoms with Gasteiger partial charge in [0.2, 0.25) is 5.91 Å². The highest BCUT2D eigenvalue weighted by Crippen LogP contribution is 2.19. The van der Waals surface area contributed by atoms with Crippen LogP contribution in [0.25, 0.3) is 0 Å². The molecule has 0 saturated carbocycles. The molecule has 0 saturated heterocycles. The molecule has 0 bridgehead atoms. The molecule has 0 aliphatic heterocycles. The Labute approximate surface area is 476 Å². The molecule has 2 atom stereocenters. The average molecular weight is 1070 g/mol. The molecule has 3 N–H and O–H groups in total. The summed E-state index contributed by atoms with van der Waals surface area (Å²) in [6.07, 6.45) is 81.2. The number of nitrogens with one attached hydrogen (secondary N) is 1. The molecule has 0 aromatic carbocycles. The molecule has 0 aliphatic carbocycles. The highest BCUT2D eigenvalue weighted by atomic mass is 16.5. The number of unbranched alkanes of at least 4 members (excludes halogenated alkanes) is 53. The van der Waals surface area contributed by atoms with Crippen molar-refractivity contribution in [1.82, 2.24) is 5.32 Å². The zero-order valence-electron chi connectivity index (χ0n) is 51.8. The maximum absolute atomic E-state index is 12.5. The van der Waals surface area contributed by atoms with Crippen LogP contribution in [0.4, 0.5) is 0 Å². The molecule has 6 heteroatoms. The summed E-state index contributed by atoms with van der Waals surface area (Å²) in [6, 6.07) is -0.538. The van der Waals surface area contributed by atoms with E-state index in [4.69, 9.17) is 4.74 Å². The summed E-state index contributed by atoms with van der Waals surface area (Å²) in [6.45, 7) is 4.99. The number of aliphatic hydroxyl groups is 2. The highest BCUT2D eigenvalue weighted by molar-refractivity contribution is 5.76. The summed E-state index contributed by atoms with van der Waals surface area (Å²) in [5.74, 6) is -0.00946. The average Bonchev–Trinajstić information content (AvgIpc) is 3.42. The molecule has 0 aliphatic rings. The van der Waals surface area contributed by atoms with Crippen LogP contribution in [0, 0.1) is 0 Å². The lowest BCUT2D eigenvalue weighted by Gasteiger charge is -2.22. The summed E-state index contributed by atoms with van der Waals surface area (Å²) in [5.41, 5.74) is 0. The molecule has 0 radical (unpaired) electrons. The number of hydrogen-bond donors (Lipinski definition) is 3. The van der Waals surface area contributed by atoms with Crippen LogP contribution in [0.3, 0.4) is 0 Å². The molecule has 0 aromatic rings. The van der Waals surface area contributed by atoms with Crippen molar-refractivity contribution in [2.24, 2.45) is 0 Å². The van der Waals surface area contributed by atoms with Gasteiger partial charge in [0.05, 0.1) is 25.4 Å². The number of carbonyl (C=O) groups is 2. The lowest BCUT2D eigenvalue weighted by molar-refractivity contribution is -0.143. The molecule has 6 nitrogen and oxygen atoms in total. The van der Waals surface area contributed by atoms with E-state index in [0.717, 1.165) is 38.5 Å². The topological polar surface area (TPSA) is 95.9 Å². The van der Waals surface area contributed by atoms with E-state index in [2.05, 4.69) is 31.3 Å². The van der Waals surface area contributed by atoms with Gasteiger partial charge in [0.25, 0.3) is 0 Å². The van der Waals surface area contributed by atoms with E-state index in [1.54, 1.807) is 0 Å². The van der Waals surface area contributed by atoms with Crippen LogP contribution in [0.5, 0.6) is 0 Å². The Morgan fingerprint density at radius 1 is 0.355 bits per heavy atom. The van der Waals surface area contributed by atoms with Gasteiger partial charge in [-0.15, -0.1) is 0 Å². The minimum atomic E-state index is -0.661. The van der Waals surface area contributed by atoms with Crippen molar-refractivity contribution in [3.63, 3.8) is 0 Å². The number of esters is 1. The van der Waals surface area contributed by atoms with Crippen LogP contribution >= 0.6 is 0 Å². The Morgan fingerprint density at radius 2 is 0.618 bits per heavy atom. The third-order valence-electron chi connectivity index (χ3n) is 16.6. The van der Waals surface area contributed by atoms with Crippen molar-refractivity contribution in [2.75, 3.05) is 13.2 Å². The third kappa shape index (κ3) is 61.8. The van der Waals surface area contributed by atoms with Gasteiger partial charge in [0, 0.05) is 12.8 Å². The van der Waals surface area contributed by atoms with Gasteiger partial charge in [0.1, 0.15) is 0 Å². The van der Waals surface area contributed by atoms with Crippen molar-refractivity contribution < 1.29 is 24.5 Å². The molecule has 76 heavy (non-hydrogen) atoms. The zero-order valence-corrected chi connectivity index (χ0v) is 51.8. The van der Waals surface area contributed by atoms with Gasteiger partial charge in [-0.25, -0.2) is 0 Å². The Hall–Kier alpha value is -1.40. The molecular formula is C70H137NO5. The summed E-state index contributed by atoms with van der Waals surface area (Å²) >= 11 is 0. The van der Waals surface area contributed by atoms with Crippen LogP contribution in [0.15, 0.2) is 12.2 Å². The maximum atomic E-state index is 12.5. The van der Waals surface area contributed by atoms with Gasteiger partial charge < -0.3 is 20.3 Å². The molecule has 0 heterocycles. The predicted molar refractivity (Wildman–Crippen MR) is 333 cm³/mol. The number of rotatable bonds is 66. The minimum Gasteiger partial charge on any atom is -0.466 e. The second-order valence-electron chi connectivity index (χ2n) is 24.2. The summed E-state index contributed by atoms with van der Waals surface area (Å²) in [4.78, 5) is 24.5. The fourth-order valence-corrected chi connectivity index (χ4v) is 11.2. The van der Waals surface area contributed by atoms with Crippen molar-refractivity contribution in [3.8, 4) is 0 Å². The van der Waals surface area contributed by atoms with Crippen LogP contribution in [0.2, 0.25) is 0 Å². The Kier molecular flexibility index (Phi) is 64.9. The van der Waals surface area contributed by atoms with E-state index in [0.29, 0.717) is 25.9 Å². The van der Waals surface area contributed by atoms with Crippen molar-refractivity contribution in [2.45, 2.75) is 411 Å². The van der Waals surface area contributed by atoms with Crippen molar-refractivity contribution in [1.29, 1.82) is 0 Å². The maximum Gasteiger partial charge on any atom is 0.305 e. The fourth-order valence-electron chi connectivity index (χ4n) is 11.2. The van der Waals surface area contributed by atoms with Crippen LogP contribution in [-0.4, -0.2) is 47.4 Å². The first-order valence-corrected chi connectivity index (χ1v) is 34.9. The minimum absolute atomic E-state index is 0.0191. The van der Waals surface area contributed by atoms with Crippen molar-refractivity contribution >= 4 is 11.9 Å². The molecule has 0 spiro atoms. The van der Waals surface area contributed by atoms with Gasteiger partial charge in [-0.1, -0.05) is 347 Å². The monoisotopic (exact) mass is 1070 g/mol. The number of carbonyl (C=O) groups excluding carboxylic acids is 2. The number of ether oxygens (including phenoxy) is 1.